The number of imidazole rings is 1. The number of hydrogen-bond acceptors (Lipinski definition) is 6. The second-order valence-electron chi connectivity index (χ2n) is 8.28. The number of sulfone groups is 1. The molecule has 32 heavy (non-hydrogen) atoms. The molecule has 1 aromatic carbocycles. The largest absolute Gasteiger partial charge is 0.338 e. The van der Waals surface area contributed by atoms with E-state index in [0.717, 1.165) is 28.0 Å². The third-order valence-corrected chi connectivity index (χ3v) is 8.61. The molecule has 0 unspecified atom stereocenters. The summed E-state index contributed by atoms with van der Waals surface area (Å²) in [5.41, 5.74) is 4.71. The smallest absolute Gasteiger partial charge is 0.236 e. The quantitative estimate of drug-likeness (QED) is 0.510. The van der Waals surface area contributed by atoms with Crippen molar-refractivity contribution in [3.05, 3.63) is 47.7 Å². The van der Waals surface area contributed by atoms with Crippen LogP contribution in [0.25, 0.3) is 16.8 Å². The van der Waals surface area contributed by atoms with Gasteiger partial charge in [0.1, 0.15) is 0 Å². The first kappa shape index (κ1) is 22.8. The number of fused-ring (bicyclic) bond motifs is 1. The van der Waals surface area contributed by atoms with E-state index in [2.05, 4.69) is 5.10 Å². The zero-order chi connectivity index (χ0) is 23.0. The molecule has 2 atom stereocenters. The molecular weight excluding hydrogens is 444 g/mol. The number of carbonyl (C=O) groups excluding carboxylic acids is 1. The van der Waals surface area contributed by atoms with Gasteiger partial charge in [-0.2, -0.15) is 5.10 Å². The normalized spacial score (nSPS) is 18.7. The van der Waals surface area contributed by atoms with E-state index in [0.29, 0.717) is 18.1 Å². The number of nitrogens with zero attached hydrogens (tertiary/aromatic N) is 4. The highest BCUT2D eigenvalue weighted by molar-refractivity contribution is 8.00. The molecule has 0 bridgehead atoms. The van der Waals surface area contributed by atoms with E-state index in [-0.39, 0.29) is 23.5 Å². The lowest BCUT2D eigenvalue weighted by atomic mass is 10.1. The first-order chi connectivity index (χ1) is 15.2. The highest BCUT2D eigenvalue weighted by Crippen LogP contribution is 2.33. The monoisotopic (exact) mass is 472 g/mol. The van der Waals surface area contributed by atoms with Crippen LogP contribution in [-0.4, -0.2) is 63.2 Å². The number of amides is 1. The number of thioether (sulfide) groups is 1. The van der Waals surface area contributed by atoms with Gasteiger partial charge in [-0.25, -0.2) is 17.9 Å². The number of rotatable bonds is 6. The standard InChI is InChI=1S/C23H28N4O3S2/c1-5-26(19-11-12-32(29,30)14-19)22(28)17(4)31-23-24-20(18-9-7-6-8-10-18)21-15(2)13-16(3)25-27(21)23/h6-10,13,17,19H,5,11-12,14H2,1-4H3/t17-,19+/m1/s1. The minimum atomic E-state index is -3.06. The predicted octanol–water partition coefficient (Wildman–Crippen LogP) is 3.53. The predicted molar refractivity (Wildman–Crippen MR) is 128 cm³/mol. The molecule has 3 heterocycles. The van der Waals surface area contributed by atoms with Crippen LogP contribution < -0.4 is 0 Å². The van der Waals surface area contributed by atoms with Crippen LogP contribution >= 0.6 is 11.8 Å². The van der Waals surface area contributed by atoms with Gasteiger partial charge in [0.2, 0.25) is 5.91 Å². The van der Waals surface area contributed by atoms with Crippen molar-refractivity contribution in [3.63, 3.8) is 0 Å². The Kier molecular flexibility index (Phi) is 6.31. The highest BCUT2D eigenvalue weighted by Gasteiger charge is 2.36. The molecule has 1 fully saturated rings. The summed E-state index contributed by atoms with van der Waals surface area (Å²) in [5.74, 6) is 0.132. The Bertz CT molecular complexity index is 1260. The van der Waals surface area contributed by atoms with Crippen molar-refractivity contribution >= 4 is 33.0 Å². The van der Waals surface area contributed by atoms with E-state index < -0.39 is 15.1 Å². The minimum Gasteiger partial charge on any atom is -0.338 e. The van der Waals surface area contributed by atoms with Gasteiger partial charge in [0, 0.05) is 18.2 Å². The van der Waals surface area contributed by atoms with E-state index in [1.165, 1.54) is 11.8 Å². The third-order valence-electron chi connectivity index (χ3n) is 5.83. The Labute approximate surface area is 193 Å². The van der Waals surface area contributed by atoms with E-state index in [9.17, 15) is 13.2 Å². The second-order valence-corrected chi connectivity index (χ2v) is 11.8. The Hall–Kier alpha value is -2.39. The van der Waals surface area contributed by atoms with E-state index in [1.54, 1.807) is 4.90 Å². The molecule has 7 nitrogen and oxygen atoms in total. The van der Waals surface area contributed by atoms with Gasteiger partial charge in [-0.3, -0.25) is 4.79 Å². The summed E-state index contributed by atoms with van der Waals surface area (Å²) in [6.45, 7) is 8.22. The van der Waals surface area contributed by atoms with Crippen LogP contribution in [0.4, 0.5) is 0 Å². The number of benzene rings is 1. The summed E-state index contributed by atoms with van der Waals surface area (Å²) in [6.07, 6.45) is 0.504. The van der Waals surface area contributed by atoms with Crippen LogP contribution in [0.1, 0.15) is 31.5 Å². The number of hydrogen-bond donors (Lipinski definition) is 0. The summed E-state index contributed by atoms with van der Waals surface area (Å²) < 4.78 is 25.7. The lowest BCUT2D eigenvalue weighted by Gasteiger charge is -2.29. The summed E-state index contributed by atoms with van der Waals surface area (Å²) in [5, 5.41) is 4.92. The average molecular weight is 473 g/mol. The fourth-order valence-electron chi connectivity index (χ4n) is 4.34. The van der Waals surface area contributed by atoms with Crippen LogP contribution in [0.5, 0.6) is 0 Å². The molecule has 0 saturated carbocycles. The fraction of sp³-hybridized carbons (Fsp3) is 0.435. The summed E-state index contributed by atoms with van der Waals surface area (Å²) >= 11 is 1.37. The maximum absolute atomic E-state index is 13.3. The lowest BCUT2D eigenvalue weighted by Crippen LogP contribution is -2.44. The van der Waals surface area contributed by atoms with E-state index in [4.69, 9.17) is 4.98 Å². The van der Waals surface area contributed by atoms with Crippen molar-refractivity contribution in [2.75, 3.05) is 18.1 Å². The molecule has 1 amide bonds. The zero-order valence-corrected chi connectivity index (χ0v) is 20.4. The average Bonchev–Trinajstić information content (AvgIpc) is 3.29. The first-order valence-corrected chi connectivity index (χ1v) is 13.5. The molecule has 1 aliphatic rings. The number of aromatic nitrogens is 3. The maximum Gasteiger partial charge on any atom is 0.236 e. The number of aryl methyl sites for hydroxylation is 2. The zero-order valence-electron chi connectivity index (χ0n) is 18.8. The van der Waals surface area contributed by atoms with Gasteiger partial charge in [-0.05, 0) is 45.7 Å². The first-order valence-electron chi connectivity index (χ1n) is 10.8. The molecule has 1 aliphatic heterocycles. The van der Waals surface area contributed by atoms with Gasteiger partial charge in [-0.15, -0.1) is 0 Å². The van der Waals surface area contributed by atoms with Gasteiger partial charge < -0.3 is 4.90 Å². The van der Waals surface area contributed by atoms with Gasteiger partial charge >= 0.3 is 0 Å². The van der Waals surface area contributed by atoms with Gasteiger partial charge in [-0.1, -0.05) is 42.1 Å². The molecule has 0 radical (unpaired) electrons. The van der Waals surface area contributed by atoms with Gasteiger partial charge in [0.25, 0.3) is 0 Å². The maximum atomic E-state index is 13.3. The molecular formula is C23H28N4O3S2. The van der Waals surface area contributed by atoms with E-state index in [1.807, 2.05) is 68.6 Å². The van der Waals surface area contributed by atoms with Crippen molar-refractivity contribution in [2.45, 2.75) is 50.6 Å². The molecule has 2 aromatic heterocycles. The van der Waals surface area contributed by atoms with Crippen LogP contribution in [0.15, 0.2) is 41.6 Å². The van der Waals surface area contributed by atoms with Crippen LogP contribution in [-0.2, 0) is 14.6 Å². The van der Waals surface area contributed by atoms with Crippen molar-refractivity contribution in [2.24, 2.45) is 0 Å². The molecule has 0 N–H and O–H groups in total. The molecule has 170 valence electrons. The topological polar surface area (TPSA) is 84.6 Å². The molecule has 3 aromatic rings. The summed E-state index contributed by atoms with van der Waals surface area (Å²) in [6, 6.07) is 11.7. The van der Waals surface area contributed by atoms with Crippen molar-refractivity contribution < 1.29 is 13.2 Å². The van der Waals surface area contributed by atoms with E-state index >= 15 is 0 Å². The van der Waals surface area contributed by atoms with Crippen LogP contribution in [0, 0.1) is 13.8 Å². The Morgan fingerprint density at radius 1 is 1.28 bits per heavy atom. The molecule has 1 saturated heterocycles. The fourth-order valence-corrected chi connectivity index (χ4v) is 7.00. The summed E-state index contributed by atoms with van der Waals surface area (Å²) in [7, 11) is -3.06. The van der Waals surface area contributed by atoms with Crippen LogP contribution in [0.3, 0.4) is 0 Å². The Balaban J connectivity index is 1.67. The molecule has 0 aliphatic carbocycles. The lowest BCUT2D eigenvalue weighted by molar-refractivity contribution is -0.131. The highest BCUT2D eigenvalue weighted by atomic mass is 32.2. The molecule has 4 rings (SSSR count). The second kappa shape index (κ2) is 8.86. The molecule has 0 spiro atoms. The van der Waals surface area contributed by atoms with Crippen LogP contribution in [0.2, 0.25) is 0 Å². The Morgan fingerprint density at radius 2 is 2.00 bits per heavy atom. The van der Waals surface area contributed by atoms with Gasteiger partial charge in [0.15, 0.2) is 15.0 Å². The van der Waals surface area contributed by atoms with Crippen molar-refractivity contribution in [3.8, 4) is 11.3 Å². The van der Waals surface area contributed by atoms with Crippen molar-refractivity contribution in [1.29, 1.82) is 0 Å². The molecule has 9 heteroatoms. The van der Waals surface area contributed by atoms with Gasteiger partial charge in [0.05, 0.1) is 33.7 Å². The SMILES string of the molecule is CCN(C(=O)[C@@H](C)Sc1nc(-c2ccccc2)c2c(C)cc(C)nn12)[C@H]1CCS(=O)(=O)C1. The minimum absolute atomic E-state index is 0.0500. The number of carbonyl (C=O) groups is 1. The summed E-state index contributed by atoms with van der Waals surface area (Å²) in [4.78, 5) is 19.9. The Morgan fingerprint density at radius 3 is 2.62 bits per heavy atom. The van der Waals surface area contributed by atoms with Crippen molar-refractivity contribution in [1.82, 2.24) is 19.5 Å². The third kappa shape index (κ3) is 4.41.